The molecule has 1 saturated heterocycles. The van der Waals surface area contributed by atoms with Gasteiger partial charge in [0.1, 0.15) is 11.9 Å². The van der Waals surface area contributed by atoms with Gasteiger partial charge in [-0.1, -0.05) is 5.06 Å². The van der Waals surface area contributed by atoms with Gasteiger partial charge < -0.3 is 31.0 Å². The first-order chi connectivity index (χ1) is 9.34. The molecule has 11 nitrogen and oxygen atoms in total. The minimum Gasteiger partial charge on any atom is -0.476 e. The first-order valence-electron chi connectivity index (χ1n) is 5.38. The van der Waals surface area contributed by atoms with Crippen molar-refractivity contribution in [3.63, 3.8) is 0 Å². The van der Waals surface area contributed by atoms with E-state index >= 15 is 0 Å². The zero-order valence-corrected chi connectivity index (χ0v) is 9.95. The number of ether oxygens (including phenoxy) is 1. The minimum absolute atomic E-state index is 0.0878. The van der Waals surface area contributed by atoms with E-state index in [9.17, 15) is 25.0 Å². The van der Waals surface area contributed by atoms with E-state index in [-0.39, 0.29) is 10.9 Å². The van der Waals surface area contributed by atoms with E-state index in [1.807, 2.05) is 0 Å². The van der Waals surface area contributed by atoms with Crippen LogP contribution in [0.15, 0.2) is 17.1 Å². The molecule has 0 saturated carbocycles. The Morgan fingerprint density at radius 2 is 2.25 bits per heavy atom. The highest BCUT2D eigenvalue weighted by Gasteiger charge is 2.60. The van der Waals surface area contributed by atoms with Crippen LogP contribution in [0.3, 0.4) is 0 Å². The Morgan fingerprint density at radius 3 is 2.70 bits per heavy atom. The Labute approximate surface area is 111 Å². The van der Waals surface area contributed by atoms with Crippen molar-refractivity contribution in [2.75, 3.05) is 12.3 Å². The lowest BCUT2D eigenvalue weighted by molar-refractivity contribution is -0.296. The summed E-state index contributed by atoms with van der Waals surface area (Å²) in [5, 5.41) is 37.6. The van der Waals surface area contributed by atoms with Crippen LogP contribution in [0.25, 0.3) is 0 Å². The second-order valence-electron chi connectivity index (χ2n) is 4.02. The monoisotopic (exact) mass is 288 g/mol. The molecule has 0 radical (unpaired) electrons. The molecule has 20 heavy (non-hydrogen) atoms. The van der Waals surface area contributed by atoms with Crippen LogP contribution in [-0.4, -0.2) is 60.0 Å². The molecule has 2 rings (SSSR count). The molecule has 1 fully saturated rings. The third-order valence-electron chi connectivity index (χ3n) is 2.82. The Kier molecular flexibility index (Phi) is 3.45. The predicted molar refractivity (Wildman–Crippen MR) is 60.1 cm³/mol. The summed E-state index contributed by atoms with van der Waals surface area (Å²) in [6.45, 7) is -0.773. The number of aliphatic hydroxyl groups excluding tert-OH is 2. The number of carbonyl (C=O) groups is 1. The van der Waals surface area contributed by atoms with E-state index in [4.69, 9.17) is 15.6 Å². The van der Waals surface area contributed by atoms with E-state index in [0.29, 0.717) is 4.57 Å². The molecule has 3 atom stereocenters. The zero-order chi connectivity index (χ0) is 15.1. The lowest BCUT2D eigenvalue weighted by Gasteiger charge is -2.30. The van der Waals surface area contributed by atoms with Gasteiger partial charge in [0.2, 0.25) is 0 Å². The molecule has 0 amide bonds. The molecule has 0 aliphatic carbocycles. The van der Waals surface area contributed by atoms with Crippen molar-refractivity contribution in [1.29, 1.82) is 0 Å². The Hall–Kier alpha value is -2.05. The van der Waals surface area contributed by atoms with Crippen molar-refractivity contribution < 1.29 is 30.1 Å². The summed E-state index contributed by atoms with van der Waals surface area (Å²) in [5.74, 6) is -4.69. The van der Waals surface area contributed by atoms with E-state index in [1.54, 1.807) is 0 Å². The highest BCUT2D eigenvalue weighted by molar-refractivity contribution is 5.74. The number of hydrogen-bond donors (Lipinski definition) is 5. The number of nitrogens with zero attached hydrogens (tertiary/aromatic N) is 3. The normalized spacial score (nSPS) is 30.6. The van der Waals surface area contributed by atoms with Gasteiger partial charge in [-0.3, -0.25) is 0 Å². The fourth-order valence-electron chi connectivity index (χ4n) is 1.86. The van der Waals surface area contributed by atoms with Crippen LogP contribution >= 0.6 is 0 Å². The number of aliphatic carboxylic acids is 1. The van der Waals surface area contributed by atoms with Gasteiger partial charge in [0.15, 0.2) is 6.23 Å². The molecule has 1 aliphatic rings. The van der Waals surface area contributed by atoms with Crippen LogP contribution < -0.4 is 11.4 Å². The number of nitrogens with two attached hydrogens (primary N) is 1. The molecule has 1 aliphatic heterocycles. The lowest BCUT2D eigenvalue weighted by atomic mass is 10.3. The molecule has 0 spiro atoms. The van der Waals surface area contributed by atoms with Crippen molar-refractivity contribution in [1.82, 2.24) is 14.6 Å². The first kappa shape index (κ1) is 14.4. The number of carboxylic acid groups (broad SMARTS) is 1. The van der Waals surface area contributed by atoms with Crippen molar-refractivity contribution in [3.05, 3.63) is 22.7 Å². The van der Waals surface area contributed by atoms with E-state index in [2.05, 4.69) is 4.98 Å². The smallest absolute Gasteiger partial charge is 0.377 e. The summed E-state index contributed by atoms with van der Waals surface area (Å²) < 4.78 is 5.38. The minimum atomic E-state index is -2.75. The molecule has 1 aromatic heterocycles. The number of rotatable bonds is 3. The molecule has 0 aromatic carbocycles. The predicted octanol–water partition coefficient (Wildman–Crippen LogP) is -3.08. The first-order valence-corrected chi connectivity index (χ1v) is 5.38. The van der Waals surface area contributed by atoms with Crippen molar-refractivity contribution in [3.8, 4) is 0 Å². The molecule has 0 bridgehead atoms. The lowest BCUT2D eigenvalue weighted by Crippen LogP contribution is -2.57. The quantitative estimate of drug-likeness (QED) is 0.384. The van der Waals surface area contributed by atoms with Gasteiger partial charge in [-0.05, 0) is 6.07 Å². The van der Waals surface area contributed by atoms with Crippen molar-refractivity contribution in [2.45, 2.75) is 18.2 Å². The van der Waals surface area contributed by atoms with Gasteiger partial charge in [0.25, 0.3) is 0 Å². The molecule has 11 heteroatoms. The molecular weight excluding hydrogens is 276 g/mol. The van der Waals surface area contributed by atoms with Crippen LogP contribution in [0.1, 0.15) is 0 Å². The van der Waals surface area contributed by atoms with Gasteiger partial charge in [-0.2, -0.15) is 4.98 Å². The largest absolute Gasteiger partial charge is 0.476 e. The van der Waals surface area contributed by atoms with Gasteiger partial charge in [0, 0.05) is 6.20 Å². The number of aromatic nitrogens is 2. The standard InChI is InChI=1S/C9H12N4O7/c10-5-1-2-12(8(18)11-5)9(7(16)17)13(19)6(15)4(3-14)20-9/h1-2,4,6,14-15,19H,3H2,(H,16,17)(H2,10,11,18)/t4-,6-,9+/m1/s1. The van der Waals surface area contributed by atoms with Crippen LogP contribution in [-0.2, 0) is 15.4 Å². The Morgan fingerprint density at radius 1 is 1.60 bits per heavy atom. The average Bonchev–Trinajstić information content (AvgIpc) is 2.64. The molecule has 0 unspecified atom stereocenters. The average molecular weight is 288 g/mol. The van der Waals surface area contributed by atoms with Crippen molar-refractivity contribution in [2.24, 2.45) is 0 Å². The summed E-state index contributed by atoms with van der Waals surface area (Å²) in [6.07, 6.45) is -2.34. The molecule has 1 aromatic rings. The summed E-state index contributed by atoms with van der Waals surface area (Å²) in [4.78, 5) is 26.5. The maximum atomic E-state index is 11.7. The highest BCUT2D eigenvalue weighted by atomic mass is 16.7. The molecular formula is C9H12N4O7. The van der Waals surface area contributed by atoms with Crippen molar-refractivity contribution >= 4 is 11.8 Å². The van der Waals surface area contributed by atoms with Crippen LogP contribution in [0.4, 0.5) is 5.82 Å². The maximum absolute atomic E-state index is 11.7. The third kappa shape index (κ3) is 1.85. The summed E-state index contributed by atoms with van der Waals surface area (Å²) in [5.41, 5.74) is 4.17. The van der Waals surface area contributed by atoms with Gasteiger partial charge in [-0.15, -0.1) is 0 Å². The van der Waals surface area contributed by atoms with E-state index in [0.717, 1.165) is 12.3 Å². The second kappa shape index (κ2) is 4.81. The van der Waals surface area contributed by atoms with E-state index < -0.39 is 36.4 Å². The third-order valence-corrected chi connectivity index (χ3v) is 2.82. The van der Waals surface area contributed by atoms with Gasteiger partial charge >= 0.3 is 17.5 Å². The van der Waals surface area contributed by atoms with E-state index in [1.165, 1.54) is 0 Å². The molecule has 110 valence electrons. The van der Waals surface area contributed by atoms with Gasteiger partial charge in [0.05, 0.1) is 6.61 Å². The number of hydroxylamine groups is 2. The number of anilines is 1. The van der Waals surface area contributed by atoms with Crippen LogP contribution in [0.5, 0.6) is 0 Å². The second-order valence-corrected chi connectivity index (χ2v) is 4.02. The van der Waals surface area contributed by atoms with Crippen LogP contribution in [0.2, 0.25) is 0 Å². The highest BCUT2D eigenvalue weighted by Crippen LogP contribution is 2.33. The fraction of sp³-hybridized carbons (Fsp3) is 0.444. The van der Waals surface area contributed by atoms with Gasteiger partial charge in [-0.25, -0.2) is 14.2 Å². The summed E-state index contributed by atoms with van der Waals surface area (Å²) in [6, 6.07) is 1.11. The van der Waals surface area contributed by atoms with Crippen LogP contribution in [0, 0.1) is 0 Å². The zero-order valence-electron chi connectivity index (χ0n) is 9.95. The maximum Gasteiger partial charge on any atom is 0.377 e. The molecule has 2 heterocycles. The topological polar surface area (TPSA) is 171 Å². The Bertz CT molecular complexity index is 590. The number of carboxylic acids is 1. The summed E-state index contributed by atoms with van der Waals surface area (Å²) in [7, 11) is 0. The SMILES string of the molecule is Nc1ccn([C@]2(C(=O)O)O[C@H](CO)[C@@H](O)N2O)c(=O)n1. The molecule has 6 N–H and O–H groups in total. The fourth-order valence-corrected chi connectivity index (χ4v) is 1.86. The number of hydrogen-bond acceptors (Lipinski definition) is 9. The number of aliphatic hydroxyl groups is 2. The number of nitrogen functional groups attached to an aromatic ring is 1. The Balaban J connectivity index is 2.62. The summed E-state index contributed by atoms with van der Waals surface area (Å²) >= 11 is 0.